The molecule has 2 heterocycles. The number of nitrogens with one attached hydrogen (secondary N) is 1. The van der Waals surface area contributed by atoms with E-state index in [1.165, 1.54) is 0 Å². The summed E-state index contributed by atoms with van der Waals surface area (Å²) in [7, 11) is 0. The van der Waals surface area contributed by atoms with Crippen molar-refractivity contribution in [3.63, 3.8) is 0 Å². The van der Waals surface area contributed by atoms with Gasteiger partial charge in [0.1, 0.15) is 0 Å². The van der Waals surface area contributed by atoms with E-state index >= 15 is 0 Å². The Balaban J connectivity index is 1.80. The molecule has 0 unspecified atom stereocenters. The Bertz CT molecular complexity index is 668. The second kappa shape index (κ2) is 5.09. The Morgan fingerprint density at radius 3 is 2.62 bits per heavy atom. The van der Waals surface area contributed by atoms with Crippen LogP contribution in [0.5, 0.6) is 11.5 Å². The maximum Gasteiger partial charge on any atom is 0.252 e. The summed E-state index contributed by atoms with van der Waals surface area (Å²) in [5, 5.41) is 3.02. The highest BCUT2D eigenvalue weighted by atomic mass is 16.7. The van der Waals surface area contributed by atoms with Crippen LogP contribution in [0.25, 0.3) is 0 Å². The highest BCUT2D eigenvalue weighted by Gasteiger charge is 2.24. The fraction of sp³-hybridized carbons (Fsp3) is 0.250. The molecule has 0 fully saturated rings. The lowest BCUT2D eigenvalue weighted by Crippen LogP contribution is -2.40. The Morgan fingerprint density at radius 2 is 1.86 bits per heavy atom. The van der Waals surface area contributed by atoms with E-state index in [0.29, 0.717) is 17.1 Å². The maximum atomic E-state index is 12.4. The van der Waals surface area contributed by atoms with Gasteiger partial charge in [-0.25, -0.2) is 0 Å². The van der Waals surface area contributed by atoms with Gasteiger partial charge >= 0.3 is 0 Å². The van der Waals surface area contributed by atoms with Gasteiger partial charge in [0.2, 0.25) is 6.79 Å². The first-order valence-electron chi connectivity index (χ1n) is 6.69. The van der Waals surface area contributed by atoms with Crippen LogP contribution in [0.3, 0.4) is 0 Å². The van der Waals surface area contributed by atoms with Gasteiger partial charge in [-0.15, -0.1) is 0 Å². The molecule has 0 bridgehead atoms. The van der Waals surface area contributed by atoms with Crippen LogP contribution in [0.4, 0.5) is 0 Å². The standard InChI is InChI=1S/C16H16N2O3/c1-16(2,12-5-7-17-8-6-12)18-15(19)11-3-4-13-14(9-11)21-10-20-13/h3-9H,10H2,1-2H3,(H,18,19). The summed E-state index contributed by atoms with van der Waals surface area (Å²) in [6.07, 6.45) is 3.42. The molecule has 5 nitrogen and oxygen atoms in total. The number of aromatic nitrogens is 1. The minimum Gasteiger partial charge on any atom is -0.454 e. The number of carbonyl (C=O) groups is 1. The van der Waals surface area contributed by atoms with Gasteiger partial charge in [0.25, 0.3) is 5.91 Å². The van der Waals surface area contributed by atoms with Crippen LogP contribution in [0, 0.1) is 0 Å². The maximum absolute atomic E-state index is 12.4. The molecule has 5 heteroatoms. The number of nitrogens with zero attached hydrogens (tertiary/aromatic N) is 1. The zero-order valence-electron chi connectivity index (χ0n) is 11.9. The van der Waals surface area contributed by atoms with Crippen molar-refractivity contribution in [3.05, 3.63) is 53.9 Å². The van der Waals surface area contributed by atoms with Crippen molar-refractivity contribution in [3.8, 4) is 11.5 Å². The van der Waals surface area contributed by atoms with E-state index in [2.05, 4.69) is 10.3 Å². The minimum atomic E-state index is -0.490. The van der Waals surface area contributed by atoms with Gasteiger partial charge in [-0.1, -0.05) is 0 Å². The lowest BCUT2D eigenvalue weighted by molar-refractivity contribution is 0.0911. The molecular weight excluding hydrogens is 268 g/mol. The highest BCUT2D eigenvalue weighted by Crippen LogP contribution is 2.32. The summed E-state index contributed by atoms with van der Waals surface area (Å²) in [6.45, 7) is 4.10. The van der Waals surface area contributed by atoms with Gasteiger partial charge in [-0.2, -0.15) is 0 Å². The number of amides is 1. The number of hydrogen-bond donors (Lipinski definition) is 1. The number of carbonyl (C=O) groups excluding carboxylic acids is 1. The molecule has 0 saturated carbocycles. The van der Waals surface area contributed by atoms with Gasteiger partial charge in [0.05, 0.1) is 5.54 Å². The third-order valence-electron chi connectivity index (χ3n) is 3.46. The molecular formula is C16H16N2O3. The van der Waals surface area contributed by atoms with Crippen molar-refractivity contribution in [2.24, 2.45) is 0 Å². The first kappa shape index (κ1) is 13.4. The number of hydrogen-bond acceptors (Lipinski definition) is 4. The molecule has 0 spiro atoms. The predicted molar refractivity (Wildman–Crippen MR) is 77.3 cm³/mol. The summed E-state index contributed by atoms with van der Waals surface area (Å²) in [5.41, 5.74) is 1.05. The first-order chi connectivity index (χ1) is 10.1. The van der Waals surface area contributed by atoms with Crippen LogP contribution in [-0.2, 0) is 5.54 Å². The van der Waals surface area contributed by atoms with Gasteiger partial charge in [0, 0.05) is 18.0 Å². The topological polar surface area (TPSA) is 60.5 Å². The van der Waals surface area contributed by atoms with Crippen molar-refractivity contribution in [1.82, 2.24) is 10.3 Å². The molecule has 0 aliphatic carbocycles. The molecule has 0 saturated heterocycles. The van der Waals surface area contributed by atoms with Crippen LogP contribution in [0.2, 0.25) is 0 Å². The van der Waals surface area contributed by atoms with E-state index in [1.54, 1.807) is 30.6 Å². The molecule has 21 heavy (non-hydrogen) atoms. The van der Waals surface area contributed by atoms with E-state index in [1.807, 2.05) is 26.0 Å². The molecule has 1 amide bonds. The smallest absolute Gasteiger partial charge is 0.252 e. The summed E-state index contributed by atoms with van der Waals surface area (Å²) in [4.78, 5) is 16.4. The second-order valence-corrected chi connectivity index (χ2v) is 5.38. The Morgan fingerprint density at radius 1 is 1.14 bits per heavy atom. The van der Waals surface area contributed by atoms with Crippen LogP contribution in [0.15, 0.2) is 42.7 Å². The highest BCUT2D eigenvalue weighted by molar-refractivity contribution is 5.95. The van der Waals surface area contributed by atoms with Gasteiger partial charge in [0.15, 0.2) is 11.5 Å². The Labute approximate surface area is 122 Å². The van der Waals surface area contributed by atoms with Crippen molar-refractivity contribution >= 4 is 5.91 Å². The monoisotopic (exact) mass is 284 g/mol. The largest absolute Gasteiger partial charge is 0.454 e. The van der Waals surface area contributed by atoms with E-state index in [-0.39, 0.29) is 12.7 Å². The fourth-order valence-corrected chi connectivity index (χ4v) is 2.23. The molecule has 1 aliphatic heterocycles. The van der Waals surface area contributed by atoms with E-state index in [4.69, 9.17) is 9.47 Å². The quantitative estimate of drug-likeness (QED) is 0.940. The molecule has 108 valence electrons. The van der Waals surface area contributed by atoms with Crippen LogP contribution in [0.1, 0.15) is 29.8 Å². The first-order valence-corrected chi connectivity index (χ1v) is 6.69. The number of fused-ring (bicyclic) bond motifs is 1. The zero-order chi connectivity index (χ0) is 14.9. The fourth-order valence-electron chi connectivity index (χ4n) is 2.23. The van der Waals surface area contributed by atoms with Crippen molar-refractivity contribution in [1.29, 1.82) is 0 Å². The molecule has 1 N–H and O–H groups in total. The lowest BCUT2D eigenvalue weighted by atomic mass is 9.95. The van der Waals surface area contributed by atoms with Crippen LogP contribution >= 0.6 is 0 Å². The van der Waals surface area contributed by atoms with E-state index < -0.39 is 5.54 Å². The average molecular weight is 284 g/mol. The van der Waals surface area contributed by atoms with Gasteiger partial charge < -0.3 is 14.8 Å². The van der Waals surface area contributed by atoms with Gasteiger partial charge in [-0.05, 0) is 49.7 Å². The Hall–Kier alpha value is -2.56. The number of rotatable bonds is 3. The van der Waals surface area contributed by atoms with Crippen LogP contribution in [-0.4, -0.2) is 17.7 Å². The molecule has 3 rings (SSSR count). The molecule has 1 aliphatic rings. The zero-order valence-corrected chi connectivity index (χ0v) is 11.9. The lowest BCUT2D eigenvalue weighted by Gasteiger charge is -2.26. The van der Waals surface area contributed by atoms with E-state index in [0.717, 1.165) is 5.56 Å². The minimum absolute atomic E-state index is 0.157. The summed E-state index contributed by atoms with van der Waals surface area (Å²) < 4.78 is 10.5. The predicted octanol–water partition coefficient (Wildman–Crippen LogP) is 2.48. The molecule has 1 aromatic heterocycles. The Kier molecular flexibility index (Phi) is 3.25. The summed E-state index contributed by atoms with van der Waals surface area (Å²) in [5.74, 6) is 1.11. The van der Waals surface area contributed by atoms with Crippen molar-refractivity contribution < 1.29 is 14.3 Å². The summed E-state index contributed by atoms with van der Waals surface area (Å²) >= 11 is 0. The number of ether oxygens (including phenoxy) is 2. The van der Waals surface area contributed by atoms with Crippen molar-refractivity contribution in [2.45, 2.75) is 19.4 Å². The number of benzene rings is 1. The molecule has 1 aromatic carbocycles. The van der Waals surface area contributed by atoms with Crippen molar-refractivity contribution in [2.75, 3.05) is 6.79 Å². The van der Waals surface area contributed by atoms with E-state index in [9.17, 15) is 4.79 Å². The van der Waals surface area contributed by atoms with Crippen LogP contribution < -0.4 is 14.8 Å². The molecule has 0 atom stereocenters. The molecule has 2 aromatic rings. The normalized spacial score (nSPS) is 13.0. The third-order valence-corrected chi connectivity index (χ3v) is 3.46. The SMILES string of the molecule is CC(C)(NC(=O)c1ccc2c(c1)OCO2)c1ccncc1. The third kappa shape index (κ3) is 2.67. The molecule has 0 radical (unpaired) electrons. The second-order valence-electron chi connectivity index (χ2n) is 5.38. The van der Waals surface area contributed by atoms with Gasteiger partial charge in [-0.3, -0.25) is 9.78 Å². The number of pyridine rings is 1. The summed E-state index contributed by atoms with van der Waals surface area (Å²) in [6, 6.07) is 8.95. The average Bonchev–Trinajstić information content (AvgIpc) is 2.95.